The van der Waals surface area contributed by atoms with Gasteiger partial charge >= 0.3 is 0 Å². The van der Waals surface area contributed by atoms with Crippen LogP contribution in [0.3, 0.4) is 0 Å². The molecule has 4 N–H and O–H groups in total. The van der Waals surface area contributed by atoms with Crippen molar-refractivity contribution in [2.75, 3.05) is 10.6 Å². The molecule has 1 aliphatic rings. The van der Waals surface area contributed by atoms with Gasteiger partial charge in [0.05, 0.1) is 6.20 Å². The van der Waals surface area contributed by atoms with Crippen LogP contribution in [-0.4, -0.2) is 28.5 Å². The van der Waals surface area contributed by atoms with E-state index in [9.17, 15) is 17.2 Å². The van der Waals surface area contributed by atoms with Crippen molar-refractivity contribution in [2.45, 2.75) is 24.7 Å². The number of rotatable bonds is 6. The van der Waals surface area contributed by atoms with Crippen LogP contribution in [0.4, 0.5) is 31.9 Å². The molecule has 13 heteroatoms. The zero-order valence-electron chi connectivity index (χ0n) is 17.6. The molecule has 0 saturated carbocycles. The van der Waals surface area contributed by atoms with Crippen LogP contribution in [0.1, 0.15) is 17.0 Å². The van der Waals surface area contributed by atoms with Gasteiger partial charge in [-0.2, -0.15) is 9.97 Å². The molecular formula is C21H17F2N7O3S. The molecule has 0 spiro atoms. The van der Waals surface area contributed by atoms with Gasteiger partial charge in [0, 0.05) is 16.9 Å². The summed E-state index contributed by atoms with van der Waals surface area (Å²) in [6, 6.07) is 6.82. The van der Waals surface area contributed by atoms with Crippen molar-refractivity contribution in [3.63, 3.8) is 0 Å². The number of nitrogens with zero attached hydrogens (tertiary/aromatic N) is 4. The van der Waals surface area contributed by atoms with E-state index >= 15 is 0 Å². The SMILES string of the molecule is Cc1noc(-c2ccc(Nc3nc(Nc4ccc(F)c(S(N)(=O)=O)c4)ncc3F)c3c2CC3)n1. The second kappa shape index (κ2) is 8.11. The van der Waals surface area contributed by atoms with Gasteiger partial charge in [-0.25, -0.2) is 27.3 Å². The molecule has 0 unspecified atom stereocenters. The number of nitrogens with two attached hydrogens (primary N) is 1. The van der Waals surface area contributed by atoms with Crippen LogP contribution in [-0.2, 0) is 22.9 Å². The zero-order chi connectivity index (χ0) is 24.0. The fourth-order valence-corrected chi connectivity index (χ4v) is 4.26. The van der Waals surface area contributed by atoms with Crippen molar-refractivity contribution in [1.82, 2.24) is 20.1 Å². The third-order valence-electron chi connectivity index (χ3n) is 5.31. The van der Waals surface area contributed by atoms with Gasteiger partial charge < -0.3 is 15.2 Å². The maximum absolute atomic E-state index is 14.5. The number of primary sulfonamides is 1. The average Bonchev–Trinajstić information content (AvgIpc) is 3.18. The third kappa shape index (κ3) is 4.06. The number of nitrogens with one attached hydrogen (secondary N) is 2. The topological polar surface area (TPSA) is 149 Å². The Bertz CT molecular complexity index is 1540. The highest BCUT2D eigenvalue weighted by Gasteiger charge is 2.25. The van der Waals surface area contributed by atoms with E-state index in [1.807, 2.05) is 6.07 Å². The Morgan fingerprint density at radius 1 is 1.03 bits per heavy atom. The van der Waals surface area contributed by atoms with Crippen LogP contribution in [0.2, 0.25) is 0 Å². The maximum atomic E-state index is 14.5. The number of hydrogen-bond donors (Lipinski definition) is 3. The number of aryl methyl sites for hydroxylation is 1. The van der Waals surface area contributed by atoms with Crippen LogP contribution < -0.4 is 15.8 Å². The second-order valence-corrected chi connectivity index (χ2v) is 9.12. The molecule has 174 valence electrons. The van der Waals surface area contributed by atoms with E-state index in [0.29, 0.717) is 17.4 Å². The summed E-state index contributed by atoms with van der Waals surface area (Å²) in [5.74, 6) is -0.857. The number of halogens is 2. The lowest BCUT2D eigenvalue weighted by molar-refractivity contribution is 0.425. The Balaban J connectivity index is 1.42. The van der Waals surface area contributed by atoms with E-state index in [4.69, 9.17) is 9.66 Å². The van der Waals surface area contributed by atoms with E-state index in [1.165, 1.54) is 6.07 Å². The monoisotopic (exact) mass is 485 g/mol. The lowest BCUT2D eigenvalue weighted by Gasteiger charge is -2.25. The van der Waals surface area contributed by atoms with Gasteiger partial charge in [0.2, 0.25) is 16.0 Å². The first-order valence-corrected chi connectivity index (χ1v) is 11.6. The summed E-state index contributed by atoms with van der Waals surface area (Å²) in [4.78, 5) is 11.6. The smallest absolute Gasteiger partial charge is 0.258 e. The molecule has 2 heterocycles. The minimum Gasteiger partial charge on any atom is -0.337 e. The number of fused-ring (bicyclic) bond motifs is 1. The number of sulfonamides is 1. The summed E-state index contributed by atoms with van der Waals surface area (Å²) in [5.41, 5.74) is 3.68. The Morgan fingerprint density at radius 2 is 1.82 bits per heavy atom. The summed E-state index contributed by atoms with van der Waals surface area (Å²) < 4.78 is 56.6. The molecule has 2 aromatic heterocycles. The lowest BCUT2D eigenvalue weighted by Crippen LogP contribution is -2.15. The van der Waals surface area contributed by atoms with Gasteiger partial charge in [-0.3, -0.25) is 0 Å². The fraction of sp³-hybridized carbons (Fsp3) is 0.143. The third-order valence-corrected chi connectivity index (χ3v) is 6.23. The summed E-state index contributed by atoms with van der Waals surface area (Å²) in [6.07, 6.45) is 2.56. The van der Waals surface area contributed by atoms with Crippen molar-refractivity contribution in [2.24, 2.45) is 5.14 Å². The maximum Gasteiger partial charge on any atom is 0.258 e. The first-order valence-electron chi connectivity index (χ1n) is 10.0. The molecule has 0 aliphatic heterocycles. The van der Waals surface area contributed by atoms with Crippen molar-refractivity contribution in [3.8, 4) is 11.5 Å². The van der Waals surface area contributed by atoms with E-state index in [-0.39, 0.29) is 17.5 Å². The van der Waals surface area contributed by atoms with Crippen molar-refractivity contribution in [3.05, 3.63) is 65.1 Å². The molecule has 0 radical (unpaired) electrons. The summed E-state index contributed by atoms with van der Waals surface area (Å²) >= 11 is 0. The van der Waals surface area contributed by atoms with Gasteiger partial charge in [-0.05, 0) is 61.2 Å². The van der Waals surface area contributed by atoms with Gasteiger partial charge in [-0.1, -0.05) is 5.16 Å². The van der Waals surface area contributed by atoms with Crippen LogP contribution in [0.5, 0.6) is 0 Å². The van der Waals surface area contributed by atoms with Crippen LogP contribution in [0.15, 0.2) is 45.9 Å². The highest BCUT2D eigenvalue weighted by molar-refractivity contribution is 7.89. The molecule has 2 aromatic carbocycles. The number of aromatic nitrogens is 4. The number of hydrogen-bond acceptors (Lipinski definition) is 9. The number of benzene rings is 2. The van der Waals surface area contributed by atoms with Gasteiger partial charge in [-0.15, -0.1) is 0 Å². The normalized spacial score (nSPS) is 12.7. The second-order valence-electron chi connectivity index (χ2n) is 7.59. The molecule has 34 heavy (non-hydrogen) atoms. The summed E-state index contributed by atoms with van der Waals surface area (Å²) in [5, 5.41) is 14.6. The molecule has 0 bridgehead atoms. The average molecular weight is 485 g/mol. The highest BCUT2D eigenvalue weighted by Crippen LogP contribution is 2.39. The highest BCUT2D eigenvalue weighted by atomic mass is 32.2. The molecule has 1 aliphatic carbocycles. The van der Waals surface area contributed by atoms with Crippen molar-refractivity contribution >= 4 is 33.2 Å². The largest absolute Gasteiger partial charge is 0.337 e. The molecule has 0 fully saturated rings. The number of anilines is 4. The van der Waals surface area contributed by atoms with E-state index in [0.717, 1.165) is 47.9 Å². The summed E-state index contributed by atoms with van der Waals surface area (Å²) in [7, 11) is -4.27. The van der Waals surface area contributed by atoms with Gasteiger partial charge in [0.15, 0.2) is 17.5 Å². The van der Waals surface area contributed by atoms with E-state index in [1.54, 1.807) is 13.0 Å². The first-order chi connectivity index (χ1) is 16.2. The zero-order valence-corrected chi connectivity index (χ0v) is 18.4. The van der Waals surface area contributed by atoms with Gasteiger partial charge in [0.1, 0.15) is 10.7 Å². The van der Waals surface area contributed by atoms with Crippen LogP contribution >= 0.6 is 0 Å². The predicted molar refractivity (Wildman–Crippen MR) is 118 cm³/mol. The minimum absolute atomic E-state index is 0.0346. The summed E-state index contributed by atoms with van der Waals surface area (Å²) in [6.45, 7) is 1.74. The molecule has 0 amide bonds. The fourth-order valence-electron chi connectivity index (χ4n) is 3.63. The Morgan fingerprint density at radius 3 is 2.50 bits per heavy atom. The molecular weight excluding hydrogens is 468 g/mol. The van der Waals surface area contributed by atoms with Crippen LogP contribution in [0, 0.1) is 18.6 Å². The van der Waals surface area contributed by atoms with E-state index < -0.39 is 26.6 Å². The lowest BCUT2D eigenvalue weighted by atomic mass is 9.83. The van der Waals surface area contributed by atoms with Gasteiger partial charge in [0.25, 0.3) is 5.89 Å². The van der Waals surface area contributed by atoms with Crippen molar-refractivity contribution < 1.29 is 21.7 Å². The van der Waals surface area contributed by atoms with Crippen LogP contribution in [0.25, 0.3) is 11.5 Å². The molecule has 0 atom stereocenters. The molecule has 5 rings (SSSR count). The Labute approximate surface area is 192 Å². The standard InChI is InChI=1S/C21H17F2N7O3S/c1-10-26-20(33-30-10)14-5-7-17(13-4-3-12(13)14)28-19-16(23)9-25-21(29-19)27-11-2-6-15(22)18(8-11)34(24,31)32/h2,5-9H,3-4H2,1H3,(H2,24,31,32)(H2,25,27,28,29). The van der Waals surface area contributed by atoms with E-state index in [2.05, 4.69) is 30.7 Å². The Hall–Kier alpha value is -3.97. The Kier molecular flexibility index (Phi) is 5.21. The molecule has 10 nitrogen and oxygen atoms in total. The molecule has 0 saturated heterocycles. The van der Waals surface area contributed by atoms with Crippen molar-refractivity contribution in [1.29, 1.82) is 0 Å². The minimum atomic E-state index is -4.27. The quantitative estimate of drug-likeness (QED) is 0.374. The predicted octanol–water partition coefficient (Wildman–Crippen LogP) is 3.35. The molecule has 4 aromatic rings. The first kappa shape index (κ1) is 21.9.